The Balaban J connectivity index is 2.37. The number of esters is 1. The van der Waals surface area contributed by atoms with Crippen LogP contribution < -0.4 is 11.1 Å². The summed E-state index contributed by atoms with van der Waals surface area (Å²) in [5, 5.41) is 3.14. The third-order valence-corrected chi connectivity index (χ3v) is 6.02. The van der Waals surface area contributed by atoms with Gasteiger partial charge in [0, 0.05) is 34.4 Å². The minimum atomic E-state index is -0.581. The van der Waals surface area contributed by atoms with Gasteiger partial charge in [-0.1, -0.05) is 0 Å². The average Bonchev–Trinajstić information content (AvgIpc) is 3.05. The highest BCUT2D eigenvalue weighted by atomic mass is 32.1. The van der Waals surface area contributed by atoms with Gasteiger partial charge >= 0.3 is 5.97 Å². The lowest BCUT2D eigenvalue weighted by Gasteiger charge is -2.05. The Labute approximate surface area is 174 Å². The predicted octanol–water partition coefficient (Wildman–Crippen LogP) is 3.73. The lowest BCUT2D eigenvalue weighted by Crippen LogP contribution is -2.16. The zero-order valence-electron chi connectivity index (χ0n) is 17.6. The molecule has 0 radical (unpaired) electrons. The second kappa shape index (κ2) is 9.09. The molecule has 7 nitrogen and oxygen atoms in total. The van der Waals surface area contributed by atoms with Crippen molar-refractivity contribution in [3.8, 4) is 0 Å². The highest BCUT2D eigenvalue weighted by Gasteiger charge is 2.22. The number of aromatic nitrogens is 1. The summed E-state index contributed by atoms with van der Waals surface area (Å²) in [5.74, 6) is -1.41. The molecule has 0 fully saturated rings. The highest BCUT2D eigenvalue weighted by Crippen LogP contribution is 2.32. The zero-order chi connectivity index (χ0) is 21.9. The molecule has 0 atom stereocenters. The van der Waals surface area contributed by atoms with E-state index in [1.54, 1.807) is 19.9 Å². The normalized spacial score (nSPS) is 11.1. The number of nitrogens with two attached hydrogens (primary N) is 1. The standard InChI is InChI=1S/C21H27N3O4S/c1-7-24-12(4)15(18(13(24)5)21(27)28-8-2)9-10-16(25)23-20-17(19(22)26)11(3)14(6)29-20/h9-10H,7-8H2,1-6H3,(H2,22,26)(H,23,25)/b10-9+. The van der Waals surface area contributed by atoms with Crippen LogP contribution >= 0.6 is 11.3 Å². The number of hydrogen-bond acceptors (Lipinski definition) is 5. The molecule has 3 N–H and O–H groups in total. The van der Waals surface area contributed by atoms with Gasteiger partial charge in [0.1, 0.15) is 5.00 Å². The molecule has 2 rings (SSSR count). The monoisotopic (exact) mass is 417 g/mol. The van der Waals surface area contributed by atoms with E-state index in [4.69, 9.17) is 10.5 Å². The molecule has 0 aliphatic heterocycles. The highest BCUT2D eigenvalue weighted by molar-refractivity contribution is 7.16. The number of hydrogen-bond donors (Lipinski definition) is 2. The first-order valence-corrected chi connectivity index (χ1v) is 10.2. The maximum atomic E-state index is 12.5. The molecule has 156 valence electrons. The largest absolute Gasteiger partial charge is 0.462 e. The Hall–Kier alpha value is -2.87. The summed E-state index contributed by atoms with van der Waals surface area (Å²) < 4.78 is 7.19. The van der Waals surface area contributed by atoms with E-state index in [0.717, 1.165) is 21.8 Å². The van der Waals surface area contributed by atoms with E-state index >= 15 is 0 Å². The summed E-state index contributed by atoms with van der Waals surface area (Å²) >= 11 is 1.30. The Morgan fingerprint density at radius 3 is 2.31 bits per heavy atom. The first-order valence-electron chi connectivity index (χ1n) is 9.39. The van der Waals surface area contributed by atoms with Gasteiger partial charge in [-0.05, 0) is 53.2 Å². The number of anilines is 1. The molecular formula is C21H27N3O4S. The third kappa shape index (κ3) is 4.42. The van der Waals surface area contributed by atoms with Gasteiger partial charge in [-0.2, -0.15) is 0 Å². The number of primary amides is 1. The van der Waals surface area contributed by atoms with Crippen molar-refractivity contribution in [1.29, 1.82) is 0 Å². The van der Waals surface area contributed by atoms with Crippen LogP contribution in [0.1, 0.15) is 62.0 Å². The number of carbonyl (C=O) groups excluding carboxylic acids is 3. The van der Waals surface area contributed by atoms with E-state index in [1.165, 1.54) is 17.4 Å². The summed E-state index contributed by atoms with van der Waals surface area (Å²) in [7, 11) is 0. The van der Waals surface area contributed by atoms with Gasteiger partial charge in [-0.15, -0.1) is 11.3 Å². The second-order valence-corrected chi connectivity index (χ2v) is 7.82. The number of nitrogens with one attached hydrogen (secondary N) is 1. The van der Waals surface area contributed by atoms with Gasteiger partial charge in [-0.25, -0.2) is 4.79 Å². The summed E-state index contributed by atoms with van der Waals surface area (Å²) in [6, 6.07) is 0. The minimum absolute atomic E-state index is 0.269. The average molecular weight is 418 g/mol. The summed E-state index contributed by atoms with van der Waals surface area (Å²) in [5.41, 5.74) is 9.30. The fraction of sp³-hybridized carbons (Fsp3) is 0.381. The van der Waals surface area contributed by atoms with Gasteiger partial charge in [0.15, 0.2) is 0 Å². The third-order valence-electron chi connectivity index (χ3n) is 4.90. The van der Waals surface area contributed by atoms with E-state index in [9.17, 15) is 14.4 Å². The molecule has 0 bridgehead atoms. The molecule has 29 heavy (non-hydrogen) atoms. The van der Waals surface area contributed by atoms with Crippen molar-refractivity contribution in [2.24, 2.45) is 5.73 Å². The zero-order valence-corrected chi connectivity index (χ0v) is 18.5. The Morgan fingerprint density at radius 1 is 1.10 bits per heavy atom. The molecule has 2 aromatic rings. The van der Waals surface area contributed by atoms with E-state index in [1.807, 2.05) is 32.3 Å². The summed E-state index contributed by atoms with van der Waals surface area (Å²) in [6.45, 7) is 12.1. The van der Waals surface area contributed by atoms with Crippen LogP contribution in [0.25, 0.3) is 6.08 Å². The van der Waals surface area contributed by atoms with Crippen molar-refractivity contribution < 1.29 is 19.1 Å². The summed E-state index contributed by atoms with van der Waals surface area (Å²) in [4.78, 5) is 37.6. The van der Waals surface area contributed by atoms with Crippen LogP contribution in [-0.2, 0) is 16.1 Å². The molecule has 2 heterocycles. The van der Waals surface area contributed by atoms with E-state index in [0.29, 0.717) is 28.2 Å². The number of rotatable bonds is 7. The van der Waals surface area contributed by atoms with Crippen molar-refractivity contribution in [2.45, 2.75) is 48.1 Å². The van der Waals surface area contributed by atoms with Crippen molar-refractivity contribution in [3.63, 3.8) is 0 Å². The maximum absolute atomic E-state index is 12.5. The molecule has 8 heteroatoms. The summed E-state index contributed by atoms with van der Waals surface area (Å²) in [6.07, 6.45) is 2.95. The van der Waals surface area contributed by atoms with Crippen LogP contribution in [0.4, 0.5) is 5.00 Å². The minimum Gasteiger partial charge on any atom is -0.462 e. The first-order chi connectivity index (χ1) is 13.6. The van der Waals surface area contributed by atoms with E-state index < -0.39 is 17.8 Å². The first kappa shape index (κ1) is 22.4. The molecular weight excluding hydrogens is 390 g/mol. The van der Waals surface area contributed by atoms with Crippen LogP contribution in [0.5, 0.6) is 0 Å². The van der Waals surface area contributed by atoms with Crippen molar-refractivity contribution in [3.05, 3.63) is 44.6 Å². The fourth-order valence-corrected chi connectivity index (χ4v) is 4.44. The van der Waals surface area contributed by atoms with Crippen LogP contribution in [0, 0.1) is 27.7 Å². The molecule has 0 aliphatic rings. The Morgan fingerprint density at radius 2 is 1.76 bits per heavy atom. The van der Waals surface area contributed by atoms with Gasteiger partial charge in [-0.3, -0.25) is 9.59 Å². The molecule has 0 saturated carbocycles. The maximum Gasteiger partial charge on any atom is 0.340 e. The predicted molar refractivity (Wildman–Crippen MR) is 116 cm³/mol. The number of carbonyl (C=O) groups is 3. The SMILES string of the molecule is CCOC(=O)c1c(/C=C/C(=O)Nc2sc(C)c(C)c2C(N)=O)c(C)n(CC)c1C. The molecule has 2 aromatic heterocycles. The number of ether oxygens (including phenoxy) is 1. The van der Waals surface area contributed by atoms with Crippen molar-refractivity contribution >= 4 is 40.2 Å². The Kier molecular flexibility index (Phi) is 7.02. The second-order valence-electron chi connectivity index (χ2n) is 6.60. The van der Waals surface area contributed by atoms with Crippen LogP contribution in [0.2, 0.25) is 0 Å². The van der Waals surface area contributed by atoms with Crippen LogP contribution in [0.15, 0.2) is 6.08 Å². The fourth-order valence-electron chi connectivity index (χ4n) is 3.37. The van der Waals surface area contributed by atoms with Crippen molar-refractivity contribution in [2.75, 3.05) is 11.9 Å². The van der Waals surface area contributed by atoms with Gasteiger partial charge in [0.25, 0.3) is 5.91 Å². The molecule has 0 unspecified atom stereocenters. The van der Waals surface area contributed by atoms with Gasteiger partial charge < -0.3 is 20.4 Å². The molecule has 0 aromatic carbocycles. The molecule has 2 amide bonds. The molecule has 0 aliphatic carbocycles. The quantitative estimate of drug-likeness (QED) is 0.529. The van der Waals surface area contributed by atoms with E-state index in [2.05, 4.69) is 5.32 Å². The molecule has 0 saturated heterocycles. The van der Waals surface area contributed by atoms with Gasteiger partial charge in [0.2, 0.25) is 5.91 Å². The van der Waals surface area contributed by atoms with E-state index in [-0.39, 0.29) is 6.61 Å². The van der Waals surface area contributed by atoms with Crippen molar-refractivity contribution in [1.82, 2.24) is 4.57 Å². The van der Waals surface area contributed by atoms with Gasteiger partial charge in [0.05, 0.1) is 17.7 Å². The number of nitrogens with zero attached hydrogens (tertiary/aromatic N) is 1. The Bertz CT molecular complexity index is 998. The number of amides is 2. The lowest BCUT2D eigenvalue weighted by atomic mass is 10.1. The smallest absolute Gasteiger partial charge is 0.340 e. The topological polar surface area (TPSA) is 103 Å². The van der Waals surface area contributed by atoms with Crippen LogP contribution in [-0.4, -0.2) is 29.0 Å². The molecule has 0 spiro atoms. The lowest BCUT2D eigenvalue weighted by molar-refractivity contribution is -0.111. The van der Waals surface area contributed by atoms with Crippen LogP contribution in [0.3, 0.4) is 0 Å². The number of aryl methyl sites for hydroxylation is 1. The number of thiophene rings is 1.